The van der Waals surface area contributed by atoms with Gasteiger partial charge in [-0.15, -0.1) is 0 Å². The van der Waals surface area contributed by atoms with E-state index in [1.807, 2.05) is 6.26 Å². The fourth-order valence-electron chi connectivity index (χ4n) is 2.73. The number of thioether (sulfide) groups is 1. The predicted molar refractivity (Wildman–Crippen MR) is 92.8 cm³/mol. The van der Waals surface area contributed by atoms with Crippen molar-refractivity contribution in [2.45, 2.75) is 17.5 Å². The third-order valence-corrected chi connectivity index (χ3v) is 5.30. The maximum Gasteiger partial charge on any atom is 0.279 e. The van der Waals surface area contributed by atoms with E-state index in [9.17, 15) is 9.59 Å². The molecule has 0 radical (unpaired) electrons. The van der Waals surface area contributed by atoms with Crippen LogP contribution in [-0.2, 0) is 11.8 Å². The van der Waals surface area contributed by atoms with Crippen LogP contribution in [0, 0.1) is 0 Å². The molecule has 0 bridgehead atoms. The minimum absolute atomic E-state index is 0.151. The number of aromatic nitrogens is 2. The summed E-state index contributed by atoms with van der Waals surface area (Å²) in [5.41, 5.74) is 0.910. The number of rotatable bonds is 2. The van der Waals surface area contributed by atoms with E-state index in [2.05, 4.69) is 10.3 Å². The third-order valence-electron chi connectivity index (χ3n) is 3.83. The van der Waals surface area contributed by atoms with Crippen molar-refractivity contribution >= 4 is 46.7 Å². The number of fused-ring (bicyclic) bond motifs is 1. The molecule has 2 heterocycles. The van der Waals surface area contributed by atoms with Crippen molar-refractivity contribution in [2.75, 3.05) is 11.6 Å². The van der Waals surface area contributed by atoms with Crippen molar-refractivity contribution in [3.05, 3.63) is 49.7 Å². The summed E-state index contributed by atoms with van der Waals surface area (Å²) in [6.45, 7) is 0. The summed E-state index contributed by atoms with van der Waals surface area (Å²) in [6.07, 6.45) is 2.00. The molecule has 5 nitrogen and oxygen atoms in total. The first-order chi connectivity index (χ1) is 10.9. The second-order valence-electron chi connectivity index (χ2n) is 5.20. The molecule has 8 heteroatoms. The molecule has 0 spiro atoms. The average Bonchev–Trinajstić information content (AvgIpc) is 2.52. The predicted octanol–water partition coefficient (Wildman–Crippen LogP) is 3.28. The Balaban J connectivity index is 2.23. The Hall–Kier alpha value is -1.50. The van der Waals surface area contributed by atoms with Crippen LogP contribution in [0.15, 0.2) is 28.2 Å². The van der Waals surface area contributed by atoms with Gasteiger partial charge in [0.1, 0.15) is 5.82 Å². The summed E-state index contributed by atoms with van der Waals surface area (Å²) < 4.78 is 1.73. The van der Waals surface area contributed by atoms with Gasteiger partial charge in [0.05, 0.1) is 15.6 Å². The molecule has 120 valence electrons. The number of halogens is 2. The fourth-order valence-corrected chi connectivity index (χ4v) is 3.58. The zero-order valence-electron chi connectivity index (χ0n) is 12.4. The molecular formula is C15H13Cl2N3O2S. The minimum atomic E-state index is -0.393. The lowest BCUT2D eigenvalue weighted by Gasteiger charge is -2.27. The molecule has 23 heavy (non-hydrogen) atoms. The number of carbonyl (C=O) groups is 1. The number of nitrogens with one attached hydrogen (secondary N) is 1. The Morgan fingerprint density at radius 2 is 2.04 bits per heavy atom. The quantitative estimate of drug-likeness (QED) is 0.651. The van der Waals surface area contributed by atoms with Gasteiger partial charge in [-0.25, -0.2) is 0 Å². The number of benzene rings is 1. The highest BCUT2D eigenvalue weighted by Gasteiger charge is 2.32. The van der Waals surface area contributed by atoms with Crippen LogP contribution in [0.5, 0.6) is 0 Å². The molecule has 0 aliphatic carbocycles. The van der Waals surface area contributed by atoms with Crippen LogP contribution in [0.3, 0.4) is 0 Å². The fraction of sp³-hybridized carbons (Fsp3) is 0.267. The minimum Gasteiger partial charge on any atom is -0.312 e. The van der Waals surface area contributed by atoms with Crippen LogP contribution in [0.1, 0.15) is 23.5 Å². The van der Waals surface area contributed by atoms with Gasteiger partial charge in [0.15, 0.2) is 5.16 Å². The van der Waals surface area contributed by atoms with Gasteiger partial charge in [0, 0.05) is 19.4 Å². The molecule has 2 aromatic rings. The van der Waals surface area contributed by atoms with Crippen molar-refractivity contribution in [1.82, 2.24) is 9.55 Å². The molecule has 0 saturated heterocycles. The number of hydrogen-bond donors (Lipinski definition) is 1. The molecule has 0 saturated carbocycles. The number of carbonyl (C=O) groups excluding carboxylic acids is 1. The average molecular weight is 370 g/mol. The van der Waals surface area contributed by atoms with E-state index in [1.54, 1.807) is 29.8 Å². The lowest BCUT2D eigenvalue weighted by atomic mass is 9.87. The first kappa shape index (κ1) is 16.4. The highest BCUT2D eigenvalue weighted by molar-refractivity contribution is 7.98. The van der Waals surface area contributed by atoms with Gasteiger partial charge in [-0.05, 0) is 24.0 Å². The molecule has 1 aliphatic heterocycles. The van der Waals surface area contributed by atoms with Gasteiger partial charge in [-0.1, -0.05) is 41.0 Å². The van der Waals surface area contributed by atoms with E-state index < -0.39 is 5.92 Å². The first-order valence-electron chi connectivity index (χ1n) is 6.82. The molecule has 1 amide bonds. The molecule has 1 aliphatic rings. The molecule has 1 aromatic carbocycles. The van der Waals surface area contributed by atoms with Crippen LogP contribution in [-0.4, -0.2) is 21.7 Å². The summed E-state index contributed by atoms with van der Waals surface area (Å²) in [4.78, 5) is 28.7. The monoisotopic (exact) mass is 369 g/mol. The molecule has 0 fully saturated rings. The largest absolute Gasteiger partial charge is 0.312 e. The topological polar surface area (TPSA) is 64.0 Å². The lowest BCUT2D eigenvalue weighted by Crippen LogP contribution is -2.33. The molecule has 1 N–H and O–H groups in total. The summed E-state index contributed by atoms with van der Waals surface area (Å²) in [6, 6.07) is 5.14. The van der Waals surface area contributed by atoms with Crippen LogP contribution < -0.4 is 10.9 Å². The van der Waals surface area contributed by atoms with Crippen LogP contribution >= 0.6 is 35.0 Å². The maximum atomic E-state index is 12.5. The van der Waals surface area contributed by atoms with E-state index in [4.69, 9.17) is 23.2 Å². The van der Waals surface area contributed by atoms with Crippen molar-refractivity contribution in [2.24, 2.45) is 7.05 Å². The normalized spacial score (nSPS) is 16.9. The van der Waals surface area contributed by atoms with Crippen molar-refractivity contribution in [3.63, 3.8) is 0 Å². The zero-order chi connectivity index (χ0) is 16.7. The summed E-state index contributed by atoms with van der Waals surface area (Å²) in [5.74, 6) is -0.0564. The Morgan fingerprint density at radius 1 is 1.30 bits per heavy atom. The number of anilines is 1. The van der Waals surface area contributed by atoms with Gasteiger partial charge in [0.25, 0.3) is 5.56 Å². The van der Waals surface area contributed by atoms with Crippen LogP contribution in [0.4, 0.5) is 5.82 Å². The SMILES string of the molecule is CSc1nc(=O)c2c(n1C)NC(=O)C[C@@H]2c1ccc(Cl)c(Cl)c1. The Labute approximate surface area is 147 Å². The molecule has 1 aromatic heterocycles. The highest BCUT2D eigenvalue weighted by atomic mass is 35.5. The van der Waals surface area contributed by atoms with Crippen LogP contribution in [0.2, 0.25) is 10.0 Å². The van der Waals surface area contributed by atoms with E-state index >= 15 is 0 Å². The van der Waals surface area contributed by atoms with Crippen LogP contribution in [0.25, 0.3) is 0 Å². The van der Waals surface area contributed by atoms with Gasteiger partial charge in [-0.3, -0.25) is 9.59 Å². The molecule has 0 unspecified atom stereocenters. The Kier molecular flexibility index (Phi) is 4.40. The van der Waals surface area contributed by atoms with Gasteiger partial charge in [0.2, 0.25) is 5.91 Å². The second-order valence-corrected chi connectivity index (χ2v) is 6.79. The zero-order valence-corrected chi connectivity index (χ0v) is 14.7. The van der Waals surface area contributed by atoms with Crippen molar-refractivity contribution in [3.8, 4) is 0 Å². The molecule has 3 rings (SSSR count). The number of amides is 1. The first-order valence-corrected chi connectivity index (χ1v) is 8.80. The van der Waals surface area contributed by atoms with Crippen molar-refractivity contribution < 1.29 is 4.79 Å². The smallest absolute Gasteiger partial charge is 0.279 e. The summed E-state index contributed by atoms with van der Waals surface area (Å²) in [7, 11) is 1.77. The van der Waals surface area contributed by atoms with E-state index in [0.29, 0.717) is 26.6 Å². The van der Waals surface area contributed by atoms with Gasteiger partial charge in [-0.2, -0.15) is 4.98 Å². The second kappa shape index (κ2) is 6.19. The van der Waals surface area contributed by atoms with E-state index in [1.165, 1.54) is 11.8 Å². The molecule has 1 atom stereocenters. The Bertz CT molecular complexity index is 867. The Morgan fingerprint density at radius 3 is 2.70 bits per heavy atom. The summed E-state index contributed by atoms with van der Waals surface area (Å²) >= 11 is 13.4. The third kappa shape index (κ3) is 2.86. The summed E-state index contributed by atoms with van der Waals surface area (Å²) in [5, 5.41) is 4.15. The number of nitrogens with zero attached hydrogens (tertiary/aromatic N) is 2. The van der Waals surface area contributed by atoms with E-state index in [0.717, 1.165) is 5.56 Å². The van der Waals surface area contributed by atoms with Crippen molar-refractivity contribution in [1.29, 1.82) is 0 Å². The lowest BCUT2D eigenvalue weighted by molar-refractivity contribution is -0.116. The van der Waals surface area contributed by atoms with E-state index in [-0.39, 0.29) is 17.9 Å². The van der Waals surface area contributed by atoms with Gasteiger partial charge >= 0.3 is 0 Å². The number of hydrogen-bond acceptors (Lipinski definition) is 4. The standard InChI is InChI=1S/C15H13Cl2N3O2S/c1-20-13-12(14(22)19-15(20)23-2)8(6-11(21)18-13)7-3-4-9(16)10(17)5-7/h3-5,8H,6H2,1-2H3,(H,18,21)/t8-/m1/s1. The maximum absolute atomic E-state index is 12.5. The highest BCUT2D eigenvalue weighted by Crippen LogP contribution is 2.37. The van der Waals surface area contributed by atoms with Gasteiger partial charge < -0.3 is 9.88 Å². The molecular weight excluding hydrogens is 357 g/mol.